The Balaban J connectivity index is 2.14. The van der Waals surface area contributed by atoms with Crippen molar-refractivity contribution in [2.45, 2.75) is 50.7 Å². The van der Waals surface area contributed by atoms with Crippen molar-refractivity contribution in [3.63, 3.8) is 0 Å². The van der Waals surface area contributed by atoms with Crippen molar-refractivity contribution in [3.8, 4) is 0 Å². The number of nitrogens with one attached hydrogen (secondary N) is 1. The van der Waals surface area contributed by atoms with Gasteiger partial charge in [-0.05, 0) is 50.1 Å². The maximum Gasteiger partial charge on any atom is 0.242 e. The van der Waals surface area contributed by atoms with Gasteiger partial charge in [0.1, 0.15) is 6.04 Å². The highest BCUT2D eigenvalue weighted by molar-refractivity contribution is 9.10. The molecule has 0 aliphatic carbocycles. The zero-order valence-corrected chi connectivity index (χ0v) is 18.9. The zero-order chi connectivity index (χ0) is 20.5. The number of thioether (sulfide) groups is 1. The van der Waals surface area contributed by atoms with Crippen LogP contribution in [0.5, 0.6) is 0 Å². The Hall–Kier alpha value is -1.79. The quantitative estimate of drug-likeness (QED) is 0.540. The summed E-state index contributed by atoms with van der Waals surface area (Å²) >= 11 is 4.96. The third kappa shape index (κ3) is 6.99. The molecular weight excluding hydrogens is 436 g/mol. The minimum Gasteiger partial charge on any atom is -0.352 e. The Kier molecular flexibility index (Phi) is 9.06. The summed E-state index contributed by atoms with van der Waals surface area (Å²) in [5.41, 5.74) is 0.982. The lowest BCUT2D eigenvalue weighted by Crippen LogP contribution is -2.50. The summed E-state index contributed by atoms with van der Waals surface area (Å²) in [4.78, 5) is 28.4. The second kappa shape index (κ2) is 11.3. The van der Waals surface area contributed by atoms with Gasteiger partial charge < -0.3 is 10.2 Å². The van der Waals surface area contributed by atoms with Crippen LogP contribution in [0.15, 0.2) is 64.0 Å². The minimum absolute atomic E-state index is 0.0550. The minimum atomic E-state index is -0.545. The zero-order valence-electron chi connectivity index (χ0n) is 16.5. The predicted molar refractivity (Wildman–Crippen MR) is 119 cm³/mol. The summed E-state index contributed by atoms with van der Waals surface area (Å²) in [5, 5.41) is 2.99. The molecule has 0 radical (unpaired) electrons. The van der Waals surface area contributed by atoms with Crippen LogP contribution in [0.25, 0.3) is 0 Å². The van der Waals surface area contributed by atoms with Gasteiger partial charge in [0.25, 0.3) is 0 Å². The van der Waals surface area contributed by atoms with Gasteiger partial charge >= 0.3 is 0 Å². The van der Waals surface area contributed by atoms with Crippen molar-refractivity contribution < 1.29 is 9.59 Å². The van der Waals surface area contributed by atoms with Crippen molar-refractivity contribution >= 4 is 39.5 Å². The highest BCUT2D eigenvalue weighted by Crippen LogP contribution is 2.20. The molecule has 28 heavy (non-hydrogen) atoms. The Bertz CT molecular complexity index is 785. The van der Waals surface area contributed by atoms with Gasteiger partial charge in [0.2, 0.25) is 11.8 Å². The van der Waals surface area contributed by atoms with Crippen molar-refractivity contribution in [1.29, 1.82) is 0 Å². The van der Waals surface area contributed by atoms with Crippen LogP contribution in [0.3, 0.4) is 0 Å². The first-order valence-corrected chi connectivity index (χ1v) is 11.2. The van der Waals surface area contributed by atoms with E-state index in [1.165, 1.54) is 11.8 Å². The molecular formula is C22H27BrN2O2S. The standard InChI is InChI=1S/C22H27BrN2O2S/c1-4-16(2)24-22(27)17(3)25(14-18-9-8-10-19(23)13-18)21(26)15-28-20-11-6-5-7-12-20/h5-13,16-17H,4,14-15H2,1-3H3,(H,24,27)/t16-,17+/m0/s1. The number of benzene rings is 2. The molecule has 0 aliphatic rings. The highest BCUT2D eigenvalue weighted by atomic mass is 79.9. The SMILES string of the molecule is CC[C@H](C)NC(=O)[C@@H](C)N(Cc1cccc(Br)c1)C(=O)CSc1ccccc1. The lowest BCUT2D eigenvalue weighted by atomic mass is 10.1. The van der Waals surface area contributed by atoms with E-state index in [9.17, 15) is 9.59 Å². The second-order valence-electron chi connectivity index (χ2n) is 6.75. The lowest BCUT2D eigenvalue weighted by molar-refractivity contribution is -0.138. The van der Waals surface area contributed by atoms with Crippen molar-refractivity contribution in [2.75, 3.05) is 5.75 Å². The number of amides is 2. The topological polar surface area (TPSA) is 49.4 Å². The molecule has 2 aromatic rings. The average molecular weight is 463 g/mol. The van der Waals surface area contributed by atoms with E-state index >= 15 is 0 Å². The van der Waals surface area contributed by atoms with E-state index in [0.717, 1.165) is 21.4 Å². The second-order valence-corrected chi connectivity index (χ2v) is 8.71. The van der Waals surface area contributed by atoms with Crippen LogP contribution in [0.4, 0.5) is 0 Å². The van der Waals surface area contributed by atoms with Gasteiger partial charge in [-0.15, -0.1) is 11.8 Å². The maximum absolute atomic E-state index is 13.0. The molecule has 0 saturated heterocycles. The molecule has 0 aromatic heterocycles. The number of hydrogen-bond acceptors (Lipinski definition) is 3. The van der Waals surface area contributed by atoms with Crippen LogP contribution in [-0.4, -0.2) is 34.6 Å². The van der Waals surface area contributed by atoms with Crippen LogP contribution in [-0.2, 0) is 16.1 Å². The van der Waals surface area contributed by atoms with Gasteiger partial charge in [-0.25, -0.2) is 0 Å². The molecule has 0 fully saturated rings. The first-order valence-electron chi connectivity index (χ1n) is 9.42. The van der Waals surface area contributed by atoms with Crippen LogP contribution in [0.2, 0.25) is 0 Å². The molecule has 150 valence electrons. The summed E-state index contributed by atoms with van der Waals surface area (Å²) in [5.74, 6) is 0.113. The lowest BCUT2D eigenvalue weighted by Gasteiger charge is -2.29. The summed E-state index contributed by atoms with van der Waals surface area (Å²) in [6, 6.07) is 17.2. The van der Waals surface area contributed by atoms with E-state index in [2.05, 4.69) is 21.2 Å². The largest absolute Gasteiger partial charge is 0.352 e. The first-order chi connectivity index (χ1) is 13.4. The molecule has 6 heteroatoms. The Morgan fingerprint density at radius 1 is 1.11 bits per heavy atom. The molecule has 2 aromatic carbocycles. The highest BCUT2D eigenvalue weighted by Gasteiger charge is 2.26. The molecule has 4 nitrogen and oxygen atoms in total. The number of carbonyl (C=O) groups is 2. The van der Waals surface area contributed by atoms with Crippen LogP contribution in [0.1, 0.15) is 32.8 Å². The normalized spacial score (nSPS) is 12.9. The molecule has 2 rings (SSSR count). The molecule has 0 aliphatic heterocycles. The van der Waals surface area contributed by atoms with E-state index in [0.29, 0.717) is 12.3 Å². The maximum atomic E-state index is 13.0. The molecule has 0 unspecified atom stereocenters. The summed E-state index contributed by atoms with van der Waals surface area (Å²) < 4.78 is 0.952. The molecule has 1 N–H and O–H groups in total. The van der Waals surface area contributed by atoms with E-state index < -0.39 is 6.04 Å². The summed E-state index contributed by atoms with van der Waals surface area (Å²) in [7, 11) is 0. The third-order valence-electron chi connectivity index (χ3n) is 4.52. The number of carbonyl (C=O) groups excluding carboxylic acids is 2. The molecule has 0 saturated carbocycles. The van der Waals surface area contributed by atoms with Gasteiger partial charge in [-0.3, -0.25) is 9.59 Å². The molecule has 2 atom stereocenters. The van der Waals surface area contributed by atoms with Gasteiger partial charge in [0.05, 0.1) is 5.75 Å². The smallest absolute Gasteiger partial charge is 0.242 e. The van der Waals surface area contributed by atoms with E-state index in [1.54, 1.807) is 11.8 Å². The first kappa shape index (κ1) is 22.5. The molecule has 0 heterocycles. The fourth-order valence-corrected chi connectivity index (χ4v) is 3.88. The molecule has 2 amide bonds. The van der Waals surface area contributed by atoms with Gasteiger partial charge in [-0.1, -0.05) is 53.2 Å². The fraction of sp³-hybridized carbons (Fsp3) is 0.364. The Morgan fingerprint density at radius 3 is 2.46 bits per heavy atom. The summed E-state index contributed by atoms with van der Waals surface area (Å²) in [6.07, 6.45) is 0.849. The number of nitrogens with zero attached hydrogens (tertiary/aromatic N) is 1. The predicted octanol–water partition coefficient (Wildman–Crippen LogP) is 4.87. The van der Waals surface area contributed by atoms with Crippen molar-refractivity contribution in [3.05, 3.63) is 64.6 Å². The fourth-order valence-electron chi connectivity index (χ4n) is 2.62. The van der Waals surface area contributed by atoms with Crippen molar-refractivity contribution in [2.24, 2.45) is 0 Å². The number of halogens is 1. The van der Waals surface area contributed by atoms with E-state index in [4.69, 9.17) is 0 Å². The Labute approximate surface area is 180 Å². The third-order valence-corrected chi connectivity index (χ3v) is 6.01. The molecule has 0 spiro atoms. The number of rotatable bonds is 9. The van der Waals surface area contributed by atoms with Crippen LogP contribution < -0.4 is 5.32 Å². The number of hydrogen-bond donors (Lipinski definition) is 1. The summed E-state index contributed by atoms with van der Waals surface area (Å²) in [6.45, 7) is 6.18. The van der Waals surface area contributed by atoms with Gasteiger partial charge in [-0.2, -0.15) is 0 Å². The van der Waals surface area contributed by atoms with E-state index in [-0.39, 0.29) is 17.9 Å². The van der Waals surface area contributed by atoms with Crippen LogP contribution in [0, 0.1) is 0 Å². The van der Waals surface area contributed by atoms with Crippen molar-refractivity contribution in [1.82, 2.24) is 10.2 Å². The Morgan fingerprint density at radius 2 is 1.82 bits per heavy atom. The molecule has 0 bridgehead atoms. The van der Waals surface area contributed by atoms with Crippen LogP contribution >= 0.6 is 27.7 Å². The van der Waals surface area contributed by atoms with Gasteiger partial charge in [0, 0.05) is 22.0 Å². The van der Waals surface area contributed by atoms with Gasteiger partial charge in [0.15, 0.2) is 0 Å². The average Bonchev–Trinajstić information content (AvgIpc) is 2.70. The monoisotopic (exact) mass is 462 g/mol. The van der Waals surface area contributed by atoms with E-state index in [1.807, 2.05) is 68.4 Å².